The third-order valence-electron chi connectivity index (χ3n) is 2.88. The fourth-order valence-corrected chi connectivity index (χ4v) is 2.22. The van der Waals surface area contributed by atoms with Crippen LogP contribution < -0.4 is 5.56 Å². The van der Waals surface area contributed by atoms with Crippen molar-refractivity contribution in [2.75, 3.05) is 0 Å². The smallest absolute Gasteiger partial charge is 0.255 e. The van der Waals surface area contributed by atoms with E-state index in [1.165, 1.54) is 4.57 Å². The van der Waals surface area contributed by atoms with Crippen molar-refractivity contribution in [3.05, 3.63) is 45.2 Å². The highest BCUT2D eigenvalue weighted by Crippen LogP contribution is 2.23. The predicted octanol–water partition coefficient (Wildman–Crippen LogP) is 2.82. The zero-order valence-corrected chi connectivity index (χ0v) is 10.3. The van der Waals surface area contributed by atoms with E-state index < -0.39 is 5.92 Å². The van der Waals surface area contributed by atoms with Crippen molar-refractivity contribution in [2.24, 2.45) is 7.05 Å². The van der Waals surface area contributed by atoms with Gasteiger partial charge >= 0.3 is 0 Å². The van der Waals surface area contributed by atoms with E-state index in [1.54, 1.807) is 26.1 Å². The molecule has 1 atom stereocenters. The third kappa shape index (κ3) is 1.81. The maximum Gasteiger partial charge on any atom is 0.255 e. The largest absolute Gasteiger partial charge is 0.310 e. The van der Waals surface area contributed by atoms with Crippen LogP contribution in [0.15, 0.2) is 29.1 Å². The number of aromatic nitrogens is 1. The summed E-state index contributed by atoms with van der Waals surface area (Å²) >= 11 is 6.08. The van der Waals surface area contributed by atoms with Gasteiger partial charge in [-0.05, 0) is 19.1 Å². The molecule has 1 unspecified atom stereocenters. The fraction of sp³-hybridized carbons (Fsp3) is 0.231. The molecule has 1 heterocycles. The van der Waals surface area contributed by atoms with E-state index in [9.17, 15) is 4.79 Å². The van der Waals surface area contributed by atoms with Crippen LogP contribution in [-0.2, 0) is 7.05 Å². The number of halogens is 1. The van der Waals surface area contributed by atoms with Crippen molar-refractivity contribution in [3.8, 4) is 6.07 Å². The van der Waals surface area contributed by atoms with Crippen LogP contribution in [0.25, 0.3) is 10.9 Å². The Morgan fingerprint density at radius 2 is 2.18 bits per heavy atom. The van der Waals surface area contributed by atoms with E-state index in [1.807, 2.05) is 12.1 Å². The molecule has 0 aliphatic rings. The first-order valence-electron chi connectivity index (χ1n) is 5.24. The number of benzene rings is 1. The highest BCUT2D eigenvalue weighted by Gasteiger charge is 2.13. The molecule has 0 saturated heterocycles. The van der Waals surface area contributed by atoms with Gasteiger partial charge in [-0.3, -0.25) is 4.79 Å². The molecule has 0 amide bonds. The van der Waals surface area contributed by atoms with E-state index in [2.05, 4.69) is 6.07 Å². The van der Waals surface area contributed by atoms with Crippen molar-refractivity contribution < 1.29 is 0 Å². The van der Waals surface area contributed by atoms with Crippen molar-refractivity contribution in [2.45, 2.75) is 12.8 Å². The van der Waals surface area contributed by atoms with Gasteiger partial charge in [-0.15, -0.1) is 0 Å². The number of nitriles is 1. The van der Waals surface area contributed by atoms with E-state index >= 15 is 0 Å². The maximum absolute atomic E-state index is 12.1. The lowest BCUT2D eigenvalue weighted by Gasteiger charge is -2.10. The summed E-state index contributed by atoms with van der Waals surface area (Å²) in [6, 6.07) is 9.29. The molecular formula is C13H11ClN2O. The second-order valence-corrected chi connectivity index (χ2v) is 4.40. The van der Waals surface area contributed by atoms with Gasteiger partial charge in [-0.2, -0.15) is 5.26 Å². The first-order chi connectivity index (χ1) is 8.06. The normalized spacial score (nSPS) is 12.4. The first-order valence-corrected chi connectivity index (χ1v) is 5.62. The van der Waals surface area contributed by atoms with Crippen LogP contribution >= 0.6 is 11.6 Å². The molecule has 0 N–H and O–H groups in total. The molecule has 0 aliphatic heterocycles. The van der Waals surface area contributed by atoms with Gasteiger partial charge in [0.05, 0.1) is 22.5 Å². The molecule has 1 aromatic heterocycles. The first kappa shape index (κ1) is 11.7. The van der Waals surface area contributed by atoms with Gasteiger partial charge in [0, 0.05) is 18.0 Å². The molecule has 0 spiro atoms. The van der Waals surface area contributed by atoms with Crippen LogP contribution in [0.4, 0.5) is 0 Å². The van der Waals surface area contributed by atoms with Crippen molar-refractivity contribution in [3.63, 3.8) is 0 Å². The zero-order valence-electron chi connectivity index (χ0n) is 9.57. The molecule has 2 aromatic rings. The number of aryl methyl sites for hydroxylation is 1. The molecule has 0 saturated carbocycles. The number of pyridine rings is 1. The van der Waals surface area contributed by atoms with Crippen molar-refractivity contribution in [1.29, 1.82) is 5.26 Å². The monoisotopic (exact) mass is 246 g/mol. The maximum atomic E-state index is 12.1. The molecule has 2 rings (SSSR count). The van der Waals surface area contributed by atoms with Crippen LogP contribution in [0.1, 0.15) is 18.4 Å². The highest BCUT2D eigenvalue weighted by atomic mass is 35.5. The minimum atomic E-state index is -0.419. The van der Waals surface area contributed by atoms with Crippen LogP contribution in [-0.4, -0.2) is 4.57 Å². The van der Waals surface area contributed by atoms with Crippen LogP contribution in [0.2, 0.25) is 5.02 Å². The standard InChI is InChI=1S/C13H11ClN2O/c1-8(7-15)10-6-9-4-3-5-11(14)12(9)16(2)13(10)17/h3-6,8H,1-2H3. The van der Waals surface area contributed by atoms with Gasteiger partial charge in [0.25, 0.3) is 5.56 Å². The summed E-state index contributed by atoms with van der Waals surface area (Å²) in [6.07, 6.45) is 0. The van der Waals surface area contributed by atoms with Gasteiger partial charge < -0.3 is 4.57 Å². The van der Waals surface area contributed by atoms with Crippen molar-refractivity contribution >= 4 is 22.5 Å². The zero-order chi connectivity index (χ0) is 12.6. The van der Waals surface area contributed by atoms with E-state index in [0.29, 0.717) is 16.1 Å². The number of hydrogen-bond acceptors (Lipinski definition) is 2. The average molecular weight is 247 g/mol. The second-order valence-electron chi connectivity index (χ2n) is 3.99. The minimum Gasteiger partial charge on any atom is -0.310 e. The van der Waals surface area contributed by atoms with Crippen LogP contribution in [0, 0.1) is 11.3 Å². The van der Waals surface area contributed by atoms with Gasteiger partial charge in [0.1, 0.15) is 0 Å². The number of rotatable bonds is 1. The molecule has 86 valence electrons. The summed E-state index contributed by atoms with van der Waals surface area (Å²) in [4.78, 5) is 12.1. The Kier molecular flexibility index (Phi) is 2.91. The number of nitrogens with zero attached hydrogens (tertiary/aromatic N) is 2. The molecule has 1 aromatic carbocycles. The van der Waals surface area contributed by atoms with Gasteiger partial charge in [-0.1, -0.05) is 23.7 Å². The molecule has 0 aliphatic carbocycles. The van der Waals surface area contributed by atoms with Crippen LogP contribution in [0.3, 0.4) is 0 Å². The Morgan fingerprint density at radius 1 is 1.47 bits per heavy atom. The summed E-state index contributed by atoms with van der Waals surface area (Å²) in [5.74, 6) is -0.419. The van der Waals surface area contributed by atoms with Gasteiger partial charge in [-0.25, -0.2) is 0 Å². The van der Waals surface area contributed by atoms with E-state index in [-0.39, 0.29) is 5.56 Å². The SMILES string of the molecule is CC(C#N)c1cc2cccc(Cl)c2n(C)c1=O. The quantitative estimate of drug-likeness (QED) is 0.777. The summed E-state index contributed by atoms with van der Waals surface area (Å²) in [6.45, 7) is 1.72. The fourth-order valence-electron chi connectivity index (χ4n) is 1.91. The molecule has 0 bridgehead atoms. The third-order valence-corrected chi connectivity index (χ3v) is 3.18. The highest BCUT2D eigenvalue weighted by molar-refractivity contribution is 6.35. The lowest BCUT2D eigenvalue weighted by atomic mass is 10.0. The average Bonchev–Trinajstić information content (AvgIpc) is 2.32. The summed E-state index contributed by atoms with van der Waals surface area (Å²) in [7, 11) is 1.67. The number of para-hydroxylation sites is 1. The molecule has 0 fully saturated rings. The molecule has 3 nitrogen and oxygen atoms in total. The summed E-state index contributed by atoms with van der Waals surface area (Å²) in [5, 5.41) is 10.3. The molecule has 0 radical (unpaired) electrons. The Labute approximate surface area is 104 Å². The lowest BCUT2D eigenvalue weighted by molar-refractivity contribution is 0.850. The van der Waals surface area contributed by atoms with Gasteiger partial charge in [0.15, 0.2) is 0 Å². The Balaban J connectivity index is 2.91. The minimum absolute atomic E-state index is 0.167. The second kappa shape index (κ2) is 4.23. The molecule has 4 heteroatoms. The Hall–Kier alpha value is -1.79. The Morgan fingerprint density at radius 3 is 2.82 bits per heavy atom. The summed E-state index contributed by atoms with van der Waals surface area (Å²) in [5.41, 5.74) is 1.04. The lowest BCUT2D eigenvalue weighted by Crippen LogP contribution is -2.22. The van der Waals surface area contributed by atoms with Crippen LogP contribution in [0.5, 0.6) is 0 Å². The molecule has 17 heavy (non-hydrogen) atoms. The predicted molar refractivity (Wildman–Crippen MR) is 68.2 cm³/mol. The molecular weight excluding hydrogens is 236 g/mol. The topological polar surface area (TPSA) is 45.8 Å². The number of hydrogen-bond donors (Lipinski definition) is 0. The van der Waals surface area contributed by atoms with Crippen molar-refractivity contribution in [1.82, 2.24) is 4.57 Å². The summed E-state index contributed by atoms with van der Waals surface area (Å²) < 4.78 is 1.50. The van der Waals surface area contributed by atoms with E-state index in [0.717, 1.165) is 5.39 Å². The van der Waals surface area contributed by atoms with E-state index in [4.69, 9.17) is 16.9 Å². The van der Waals surface area contributed by atoms with Gasteiger partial charge in [0.2, 0.25) is 0 Å². The Bertz CT molecular complexity index is 682. The number of fused-ring (bicyclic) bond motifs is 1.